The van der Waals surface area contributed by atoms with Gasteiger partial charge in [0.1, 0.15) is 0 Å². The number of anilines is 1. The molecule has 3 nitrogen and oxygen atoms in total. The Morgan fingerprint density at radius 2 is 2.00 bits per heavy atom. The smallest absolute Gasteiger partial charge is 0.167 e. The summed E-state index contributed by atoms with van der Waals surface area (Å²) in [6, 6.07) is 6.08. The van der Waals surface area contributed by atoms with Crippen molar-refractivity contribution in [2.45, 2.75) is 6.92 Å². The molecule has 0 atom stereocenters. The van der Waals surface area contributed by atoms with Crippen LogP contribution in [0, 0.1) is 6.92 Å². The fourth-order valence-corrected chi connectivity index (χ4v) is 1.39. The highest BCUT2D eigenvalue weighted by molar-refractivity contribution is 5.72. The lowest BCUT2D eigenvalue weighted by atomic mass is 10.1. The molecule has 0 heterocycles. The van der Waals surface area contributed by atoms with E-state index in [2.05, 4.69) is 24.5 Å². The van der Waals surface area contributed by atoms with Gasteiger partial charge in [0.05, 0.1) is 7.11 Å². The summed E-state index contributed by atoms with van der Waals surface area (Å²) in [6.07, 6.45) is 0. The van der Waals surface area contributed by atoms with Crippen molar-refractivity contribution in [1.29, 1.82) is 0 Å². The third-order valence-electron chi connectivity index (χ3n) is 2.12. The van der Waals surface area contributed by atoms with Crippen LogP contribution in [0.3, 0.4) is 0 Å². The number of rotatable bonds is 4. The number of benzene rings is 1. The van der Waals surface area contributed by atoms with Crippen LogP contribution in [0.4, 0.5) is 5.69 Å². The Hall–Kier alpha value is -1.48. The largest absolute Gasteiger partial charge is 0.377 e. The fourth-order valence-electron chi connectivity index (χ4n) is 1.39. The second kappa shape index (κ2) is 4.84. The minimum absolute atomic E-state index is 0.515. The van der Waals surface area contributed by atoms with E-state index in [0.29, 0.717) is 5.76 Å². The molecule has 0 saturated carbocycles. The van der Waals surface area contributed by atoms with Crippen LogP contribution in [-0.4, -0.2) is 21.2 Å². The first-order valence-corrected chi connectivity index (χ1v) is 4.74. The molecule has 0 amide bonds. The number of nitrogens with zero attached hydrogens (tertiary/aromatic N) is 1. The van der Waals surface area contributed by atoms with Gasteiger partial charge < -0.3 is 9.79 Å². The Morgan fingerprint density at radius 3 is 2.53 bits per heavy atom. The summed E-state index contributed by atoms with van der Waals surface area (Å²) in [5.41, 5.74) is 3.21. The molecule has 0 aliphatic rings. The van der Waals surface area contributed by atoms with Crippen molar-refractivity contribution in [3.05, 3.63) is 35.9 Å². The first kappa shape index (κ1) is 11.6. The van der Waals surface area contributed by atoms with Gasteiger partial charge in [0.25, 0.3) is 0 Å². The summed E-state index contributed by atoms with van der Waals surface area (Å²) in [7, 11) is 5.44. The lowest BCUT2D eigenvalue weighted by molar-refractivity contribution is -0.207. The van der Waals surface area contributed by atoms with Gasteiger partial charge in [0.2, 0.25) is 0 Å². The van der Waals surface area contributed by atoms with Gasteiger partial charge in [0, 0.05) is 25.3 Å². The van der Waals surface area contributed by atoms with Crippen molar-refractivity contribution in [3.63, 3.8) is 0 Å². The highest BCUT2D eigenvalue weighted by Gasteiger charge is 2.09. The minimum atomic E-state index is 0.515. The molecule has 15 heavy (non-hydrogen) atoms. The van der Waals surface area contributed by atoms with E-state index in [1.807, 2.05) is 31.1 Å². The standard InChI is InChI=1S/C12H17NO2/c1-9-6-7-11(10(2)15-14-5)12(8-9)13(3)4/h6-8H,2H2,1,3-5H3. The van der Waals surface area contributed by atoms with Crippen molar-refractivity contribution in [1.82, 2.24) is 0 Å². The van der Waals surface area contributed by atoms with Crippen LogP contribution in [-0.2, 0) is 9.78 Å². The molecule has 1 aromatic rings. The zero-order chi connectivity index (χ0) is 11.4. The van der Waals surface area contributed by atoms with E-state index >= 15 is 0 Å². The molecule has 82 valence electrons. The maximum absolute atomic E-state index is 4.94. The monoisotopic (exact) mass is 207 g/mol. The number of aryl methyl sites for hydroxylation is 1. The van der Waals surface area contributed by atoms with Gasteiger partial charge in [-0.05, 0) is 24.6 Å². The molecule has 0 fully saturated rings. The molecular weight excluding hydrogens is 190 g/mol. The van der Waals surface area contributed by atoms with Crippen LogP contribution in [0.25, 0.3) is 5.76 Å². The highest BCUT2D eigenvalue weighted by atomic mass is 17.2. The van der Waals surface area contributed by atoms with E-state index in [1.165, 1.54) is 12.7 Å². The van der Waals surface area contributed by atoms with Gasteiger partial charge in [-0.1, -0.05) is 12.6 Å². The van der Waals surface area contributed by atoms with Crippen molar-refractivity contribution in [2.75, 3.05) is 26.1 Å². The van der Waals surface area contributed by atoms with E-state index in [9.17, 15) is 0 Å². The third-order valence-corrected chi connectivity index (χ3v) is 2.12. The van der Waals surface area contributed by atoms with E-state index in [-0.39, 0.29) is 0 Å². The van der Waals surface area contributed by atoms with Crippen molar-refractivity contribution >= 4 is 11.4 Å². The van der Waals surface area contributed by atoms with Crippen molar-refractivity contribution in [2.24, 2.45) is 0 Å². The first-order valence-electron chi connectivity index (χ1n) is 4.74. The predicted molar refractivity (Wildman–Crippen MR) is 62.6 cm³/mol. The van der Waals surface area contributed by atoms with Gasteiger partial charge in [-0.2, -0.15) is 4.89 Å². The summed E-state index contributed by atoms with van der Waals surface area (Å²) in [5.74, 6) is 0.515. The van der Waals surface area contributed by atoms with Crippen LogP contribution in [0.2, 0.25) is 0 Å². The van der Waals surface area contributed by atoms with E-state index < -0.39 is 0 Å². The molecule has 0 radical (unpaired) electrons. The molecule has 0 aliphatic carbocycles. The molecule has 0 saturated heterocycles. The topological polar surface area (TPSA) is 21.7 Å². The maximum atomic E-state index is 4.94. The Bertz CT molecular complexity index is 359. The van der Waals surface area contributed by atoms with Crippen LogP contribution in [0.5, 0.6) is 0 Å². The highest BCUT2D eigenvalue weighted by Crippen LogP contribution is 2.26. The third kappa shape index (κ3) is 2.73. The molecule has 0 spiro atoms. The predicted octanol–water partition coefficient (Wildman–Crippen LogP) is 2.61. The lowest BCUT2D eigenvalue weighted by Crippen LogP contribution is -2.11. The maximum Gasteiger partial charge on any atom is 0.167 e. The normalized spacial score (nSPS) is 9.87. The zero-order valence-electron chi connectivity index (χ0n) is 9.70. The molecule has 0 aromatic heterocycles. The molecule has 0 unspecified atom stereocenters. The van der Waals surface area contributed by atoms with Crippen molar-refractivity contribution < 1.29 is 9.78 Å². The second-order valence-corrected chi connectivity index (χ2v) is 3.59. The van der Waals surface area contributed by atoms with Crippen LogP contribution in [0.15, 0.2) is 24.8 Å². The number of hydrogen-bond donors (Lipinski definition) is 0. The summed E-state index contributed by atoms with van der Waals surface area (Å²) in [5, 5.41) is 0. The minimum Gasteiger partial charge on any atom is -0.377 e. The quantitative estimate of drug-likeness (QED) is 0.430. The molecule has 1 rings (SSSR count). The SMILES string of the molecule is C=C(OOC)c1ccc(C)cc1N(C)C. The Labute approximate surface area is 90.8 Å². The summed E-state index contributed by atoms with van der Waals surface area (Å²) >= 11 is 0. The van der Waals surface area contributed by atoms with E-state index in [1.54, 1.807) is 0 Å². The van der Waals surface area contributed by atoms with Gasteiger partial charge in [-0.15, -0.1) is 0 Å². The van der Waals surface area contributed by atoms with Crippen molar-refractivity contribution in [3.8, 4) is 0 Å². The number of hydrogen-bond acceptors (Lipinski definition) is 3. The average Bonchev–Trinajstić information content (AvgIpc) is 2.17. The van der Waals surface area contributed by atoms with Gasteiger partial charge in [-0.3, -0.25) is 0 Å². The zero-order valence-corrected chi connectivity index (χ0v) is 9.70. The summed E-state index contributed by atoms with van der Waals surface area (Å²) in [4.78, 5) is 11.6. The molecule has 0 bridgehead atoms. The van der Waals surface area contributed by atoms with Crippen LogP contribution < -0.4 is 4.90 Å². The molecule has 1 aromatic carbocycles. The molecular formula is C12H17NO2. The van der Waals surface area contributed by atoms with E-state index in [0.717, 1.165) is 11.3 Å². The fraction of sp³-hybridized carbons (Fsp3) is 0.333. The van der Waals surface area contributed by atoms with Gasteiger partial charge in [0.15, 0.2) is 5.76 Å². The Morgan fingerprint density at radius 1 is 1.33 bits per heavy atom. The second-order valence-electron chi connectivity index (χ2n) is 3.59. The first-order chi connectivity index (χ1) is 7.06. The molecule has 3 heteroatoms. The van der Waals surface area contributed by atoms with Crippen LogP contribution >= 0.6 is 0 Å². The summed E-state index contributed by atoms with van der Waals surface area (Å²) in [6.45, 7) is 5.87. The molecule has 0 N–H and O–H groups in total. The summed E-state index contributed by atoms with van der Waals surface area (Å²) < 4.78 is 0. The van der Waals surface area contributed by atoms with Gasteiger partial charge >= 0.3 is 0 Å². The Kier molecular flexibility index (Phi) is 3.74. The molecule has 0 aliphatic heterocycles. The van der Waals surface area contributed by atoms with Gasteiger partial charge in [-0.25, -0.2) is 0 Å². The lowest BCUT2D eigenvalue weighted by Gasteiger charge is -2.18. The van der Waals surface area contributed by atoms with Crippen LogP contribution in [0.1, 0.15) is 11.1 Å². The van der Waals surface area contributed by atoms with E-state index in [4.69, 9.17) is 4.89 Å². The Balaban J connectivity index is 3.11. The average molecular weight is 207 g/mol.